The van der Waals surface area contributed by atoms with Crippen molar-refractivity contribution in [3.8, 4) is 84.9 Å². The zero-order valence-electron chi connectivity index (χ0n) is 56.0. The summed E-state index contributed by atoms with van der Waals surface area (Å²) < 4.78 is 12.2. The number of fused-ring (bicyclic) bond motifs is 19. The van der Waals surface area contributed by atoms with Crippen LogP contribution in [0.2, 0.25) is 0 Å². The van der Waals surface area contributed by atoms with Gasteiger partial charge in [-0.25, -0.2) is 19.9 Å². The van der Waals surface area contributed by atoms with E-state index in [4.69, 9.17) is 19.9 Å². The standard InChI is InChI=1S/C94H58N8S/c1-55-56(2)90(101-82-45-19-13-33-65(82)68-51-59(49-50-84(68)101)72-35-21-37-74(95-72)76-39-23-47-85(97-76)99-78-41-15-9-29-61(78)62-30-10-16-42-79(62)99)94-89(87(55)58-27-7-4-8-28-58)88-67(57-25-5-3-6-26-57)54-71-70-53-60(52-69-66-34-14-20-46-83(66)102(91(69)70)92(71)93(88)103-94)73-36-22-38-75(96-73)77-40-24-48-86(98-77)100-80-43-17-11-31-63(80)64-32-12-18-44-81(64)100/h3-54H,1-2H3. The van der Waals surface area contributed by atoms with Gasteiger partial charge in [0.1, 0.15) is 11.6 Å². The molecule has 10 heterocycles. The summed E-state index contributed by atoms with van der Waals surface area (Å²) in [7, 11) is 0. The van der Waals surface area contributed by atoms with Crippen molar-refractivity contribution in [3.63, 3.8) is 0 Å². The van der Waals surface area contributed by atoms with E-state index in [9.17, 15) is 0 Å². The van der Waals surface area contributed by atoms with Gasteiger partial charge in [-0.1, -0.05) is 200 Å². The summed E-state index contributed by atoms with van der Waals surface area (Å²) in [5.41, 5.74) is 25.9. The molecule has 103 heavy (non-hydrogen) atoms. The van der Waals surface area contributed by atoms with Gasteiger partial charge in [0.15, 0.2) is 0 Å². The molecule has 0 saturated carbocycles. The minimum absolute atomic E-state index is 0.810. The maximum absolute atomic E-state index is 5.53. The van der Waals surface area contributed by atoms with E-state index in [2.05, 4.69) is 347 Å². The second-order valence-corrected chi connectivity index (χ2v) is 28.2. The average Bonchev–Trinajstić information content (AvgIpc) is 1.51. The lowest BCUT2D eigenvalue weighted by molar-refractivity contribution is 1.08. The molecule has 0 saturated heterocycles. The van der Waals surface area contributed by atoms with Crippen LogP contribution in [-0.4, -0.2) is 38.0 Å². The number of para-hydroxylation sites is 6. The lowest BCUT2D eigenvalue weighted by atomic mass is 9.88. The first kappa shape index (κ1) is 57.6. The van der Waals surface area contributed by atoms with Crippen LogP contribution in [0.4, 0.5) is 0 Å². The number of hydrogen-bond donors (Lipinski definition) is 0. The number of thiophene rings is 1. The Bertz CT molecular complexity index is 7230. The fourth-order valence-corrected chi connectivity index (χ4v) is 18.6. The lowest BCUT2D eigenvalue weighted by Gasteiger charge is -2.20. The Balaban J connectivity index is 0.749. The summed E-state index contributed by atoms with van der Waals surface area (Å²) in [5, 5.41) is 14.4. The molecule has 22 aromatic rings. The molecule has 22 rings (SSSR count). The van der Waals surface area contributed by atoms with Gasteiger partial charge >= 0.3 is 0 Å². The largest absolute Gasteiger partial charge is 0.308 e. The van der Waals surface area contributed by atoms with Crippen molar-refractivity contribution < 1.29 is 0 Å². The smallest absolute Gasteiger partial charge is 0.138 e. The van der Waals surface area contributed by atoms with E-state index in [-0.39, 0.29) is 0 Å². The topological polar surface area (TPSA) is 70.8 Å². The molecule has 8 nitrogen and oxygen atoms in total. The van der Waals surface area contributed by atoms with E-state index in [0.29, 0.717) is 0 Å². The molecule has 0 fully saturated rings. The summed E-state index contributed by atoms with van der Waals surface area (Å²) in [6, 6.07) is 114. The third kappa shape index (κ3) is 8.39. The molecule has 9 heteroatoms. The molecule has 0 bridgehead atoms. The number of aromatic nitrogens is 8. The van der Waals surface area contributed by atoms with Gasteiger partial charge in [-0.15, -0.1) is 11.3 Å². The molecule has 10 aromatic heterocycles. The van der Waals surface area contributed by atoms with Crippen LogP contribution in [0.25, 0.3) is 209 Å². The molecule has 0 radical (unpaired) electrons. The van der Waals surface area contributed by atoms with Crippen LogP contribution in [0.1, 0.15) is 11.1 Å². The van der Waals surface area contributed by atoms with Gasteiger partial charge in [0.25, 0.3) is 0 Å². The Labute approximate surface area is 594 Å². The zero-order valence-corrected chi connectivity index (χ0v) is 56.8. The highest BCUT2D eigenvalue weighted by Gasteiger charge is 2.30. The minimum atomic E-state index is 0.810. The van der Waals surface area contributed by atoms with E-state index in [1.54, 1.807) is 0 Å². The normalized spacial score (nSPS) is 12.2. The maximum atomic E-state index is 5.53. The first-order chi connectivity index (χ1) is 51.0. The van der Waals surface area contributed by atoms with Crippen LogP contribution in [0.3, 0.4) is 0 Å². The fraction of sp³-hybridized carbons (Fsp3) is 0.0213. The third-order valence-corrected chi connectivity index (χ3v) is 22.9. The lowest BCUT2D eigenvalue weighted by Crippen LogP contribution is -2.01. The van der Waals surface area contributed by atoms with Gasteiger partial charge in [-0.3, -0.25) is 9.13 Å². The Morgan fingerprint density at radius 2 is 0.650 bits per heavy atom. The van der Waals surface area contributed by atoms with Crippen molar-refractivity contribution in [2.75, 3.05) is 0 Å². The number of benzene rings is 12. The predicted molar refractivity (Wildman–Crippen MR) is 430 cm³/mol. The summed E-state index contributed by atoms with van der Waals surface area (Å²) in [4.78, 5) is 21.7. The minimum Gasteiger partial charge on any atom is -0.308 e. The predicted octanol–water partition coefficient (Wildman–Crippen LogP) is 24.7. The maximum Gasteiger partial charge on any atom is 0.138 e. The Morgan fingerprint density at radius 3 is 1.19 bits per heavy atom. The highest BCUT2D eigenvalue weighted by Crippen LogP contribution is 2.55. The highest BCUT2D eigenvalue weighted by molar-refractivity contribution is 7.27. The second-order valence-electron chi connectivity index (χ2n) is 27.2. The van der Waals surface area contributed by atoms with Crippen LogP contribution in [-0.2, 0) is 0 Å². The number of nitrogens with zero attached hydrogens (tertiary/aromatic N) is 8. The van der Waals surface area contributed by atoms with Crippen LogP contribution >= 0.6 is 11.3 Å². The van der Waals surface area contributed by atoms with Crippen LogP contribution < -0.4 is 0 Å². The van der Waals surface area contributed by atoms with E-state index in [0.717, 1.165) is 95.4 Å². The number of pyridine rings is 4. The van der Waals surface area contributed by atoms with Crippen LogP contribution in [0.5, 0.6) is 0 Å². The van der Waals surface area contributed by atoms with Crippen LogP contribution in [0, 0.1) is 13.8 Å². The Kier molecular flexibility index (Phi) is 12.3. The highest BCUT2D eigenvalue weighted by atomic mass is 32.1. The monoisotopic (exact) mass is 1330 g/mol. The molecule has 0 N–H and O–H groups in total. The molecular weight excluding hydrogens is 1270 g/mol. The first-order valence-electron chi connectivity index (χ1n) is 35.1. The zero-order chi connectivity index (χ0) is 67.7. The van der Waals surface area contributed by atoms with Gasteiger partial charge in [0.05, 0.1) is 98.9 Å². The van der Waals surface area contributed by atoms with Gasteiger partial charge in [0, 0.05) is 75.8 Å². The molecule has 0 atom stereocenters. The number of rotatable bonds is 9. The molecule has 0 aliphatic rings. The molecule has 0 unspecified atom stereocenters. The van der Waals surface area contributed by atoms with E-state index in [1.807, 2.05) is 11.3 Å². The van der Waals surface area contributed by atoms with E-state index in [1.165, 1.54) is 124 Å². The molecule has 480 valence electrons. The summed E-state index contributed by atoms with van der Waals surface area (Å²) in [6.07, 6.45) is 0. The van der Waals surface area contributed by atoms with Crippen molar-refractivity contribution in [2.24, 2.45) is 0 Å². The quantitative estimate of drug-likeness (QED) is 0.144. The molecule has 12 aromatic carbocycles. The van der Waals surface area contributed by atoms with Crippen molar-refractivity contribution >= 4 is 135 Å². The van der Waals surface area contributed by atoms with Crippen LogP contribution in [0.15, 0.2) is 315 Å². The summed E-state index contributed by atoms with van der Waals surface area (Å²) in [5.74, 6) is 1.70. The molecule has 0 aliphatic carbocycles. The number of hydrogen-bond acceptors (Lipinski definition) is 5. The van der Waals surface area contributed by atoms with Crippen molar-refractivity contribution in [3.05, 3.63) is 327 Å². The average molecular weight is 1330 g/mol. The molecule has 0 amide bonds. The van der Waals surface area contributed by atoms with Gasteiger partial charge < -0.3 is 8.97 Å². The van der Waals surface area contributed by atoms with E-state index < -0.39 is 0 Å². The third-order valence-electron chi connectivity index (χ3n) is 21.7. The van der Waals surface area contributed by atoms with Gasteiger partial charge in [-0.2, -0.15) is 0 Å². The Morgan fingerprint density at radius 1 is 0.252 bits per heavy atom. The van der Waals surface area contributed by atoms with Crippen molar-refractivity contribution in [1.82, 2.24) is 38.0 Å². The second kappa shape index (κ2) is 22.1. The fourth-order valence-electron chi connectivity index (χ4n) is 17.1. The first-order valence-corrected chi connectivity index (χ1v) is 35.9. The van der Waals surface area contributed by atoms with Gasteiger partial charge in [0.2, 0.25) is 0 Å². The van der Waals surface area contributed by atoms with Crippen molar-refractivity contribution in [2.45, 2.75) is 13.8 Å². The van der Waals surface area contributed by atoms with Gasteiger partial charge in [-0.05, 0) is 162 Å². The SMILES string of the molecule is Cc1c(C)c(-c2ccccc2)c2c(sc3c2c(-c2ccccc2)cc2c4cc(-c5cccc(-c6cccc(-n7c8ccccc8c8ccccc87)n6)n5)cc5c6ccccc6n(c54)c23)c1-n1c2ccccc2c2cc(-c3cccc(-c4cccc(-n5c6ccccc6c6ccccc65)n4)n3)ccc21. The van der Waals surface area contributed by atoms with Crippen molar-refractivity contribution in [1.29, 1.82) is 0 Å². The molecule has 0 aliphatic heterocycles. The summed E-state index contributed by atoms with van der Waals surface area (Å²) >= 11 is 1.94. The molecular formula is C94H58N8S. The molecule has 0 spiro atoms. The summed E-state index contributed by atoms with van der Waals surface area (Å²) in [6.45, 7) is 4.69. The Hall–Kier alpha value is -13.3. The van der Waals surface area contributed by atoms with E-state index >= 15 is 0 Å².